The van der Waals surface area contributed by atoms with Crippen molar-refractivity contribution in [2.75, 3.05) is 31.6 Å². The molecule has 0 spiro atoms. The third kappa shape index (κ3) is 3.74. The van der Waals surface area contributed by atoms with Crippen LogP contribution in [0.2, 0.25) is 0 Å². The van der Waals surface area contributed by atoms with E-state index in [1.165, 1.54) is 4.31 Å². The van der Waals surface area contributed by atoms with Crippen LogP contribution in [0.5, 0.6) is 5.75 Å². The first-order valence-electron chi connectivity index (χ1n) is 10.7. The number of methoxy groups -OCH3 is 1. The van der Waals surface area contributed by atoms with E-state index in [9.17, 15) is 13.2 Å². The molecular weight excluding hydrogens is 418 g/mol. The Bertz CT molecular complexity index is 1090. The molecule has 31 heavy (non-hydrogen) atoms. The minimum atomic E-state index is -3.78. The highest BCUT2D eigenvalue weighted by Gasteiger charge is 2.39. The van der Waals surface area contributed by atoms with E-state index in [0.29, 0.717) is 37.4 Å². The van der Waals surface area contributed by atoms with Gasteiger partial charge in [0, 0.05) is 19.6 Å². The highest BCUT2D eigenvalue weighted by atomic mass is 32.2. The minimum absolute atomic E-state index is 0.0384. The van der Waals surface area contributed by atoms with E-state index in [1.807, 2.05) is 19.1 Å². The van der Waals surface area contributed by atoms with Crippen molar-refractivity contribution >= 4 is 21.6 Å². The average Bonchev–Trinajstić information content (AvgIpc) is 3.12. The predicted molar refractivity (Wildman–Crippen MR) is 116 cm³/mol. The fraction of sp³-hybridized carbons (Fsp3) is 0.545. The van der Waals surface area contributed by atoms with E-state index in [4.69, 9.17) is 9.26 Å². The topological polar surface area (TPSA) is 93.0 Å². The van der Waals surface area contributed by atoms with Gasteiger partial charge in [0.25, 0.3) is 0 Å². The van der Waals surface area contributed by atoms with E-state index >= 15 is 0 Å². The zero-order valence-electron chi connectivity index (χ0n) is 18.5. The van der Waals surface area contributed by atoms with Crippen LogP contribution in [0.3, 0.4) is 0 Å². The van der Waals surface area contributed by atoms with Crippen LogP contribution in [0.15, 0.2) is 21.6 Å². The Balaban J connectivity index is 1.62. The number of sulfonamides is 1. The first-order valence-corrected chi connectivity index (χ1v) is 12.1. The van der Waals surface area contributed by atoms with Gasteiger partial charge in [-0.1, -0.05) is 11.2 Å². The summed E-state index contributed by atoms with van der Waals surface area (Å²) < 4.78 is 38.6. The lowest BCUT2D eigenvalue weighted by atomic mass is 9.93. The molecule has 9 heteroatoms. The van der Waals surface area contributed by atoms with Gasteiger partial charge in [0.2, 0.25) is 15.9 Å². The standard InChI is InChI=1S/C22H29N3O5S/c1-14-9-10-19(29-4)20-18(14)8-6-12-25(20)22(26)17-7-5-11-24(13-17)31(27,28)21-15(2)23-30-16(21)3/h9-10,17H,5-8,11-13H2,1-4H3. The molecule has 1 atom stereocenters. The van der Waals surface area contributed by atoms with Crippen molar-refractivity contribution in [2.45, 2.75) is 51.3 Å². The number of anilines is 1. The molecule has 3 heterocycles. The molecule has 1 amide bonds. The maximum atomic E-state index is 13.6. The van der Waals surface area contributed by atoms with Crippen LogP contribution in [0, 0.1) is 26.7 Å². The fourth-order valence-corrected chi connectivity index (χ4v) is 6.61. The number of fused-ring (bicyclic) bond motifs is 1. The predicted octanol–water partition coefficient (Wildman–Crippen LogP) is 2.99. The molecule has 1 unspecified atom stereocenters. The first kappa shape index (κ1) is 21.8. The Morgan fingerprint density at radius 2 is 1.97 bits per heavy atom. The molecule has 1 fully saturated rings. The SMILES string of the molecule is COc1ccc(C)c2c1N(C(=O)C1CCCN(S(=O)(=O)c3c(C)noc3C)C1)CCC2. The summed E-state index contributed by atoms with van der Waals surface area (Å²) in [6, 6.07) is 3.92. The second kappa shape index (κ2) is 8.27. The maximum Gasteiger partial charge on any atom is 0.248 e. The van der Waals surface area contributed by atoms with Gasteiger partial charge in [-0.2, -0.15) is 4.31 Å². The minimum Gasteiger partial charge on any atom is -0.495 e. The lowest BCUT2D eigenvalue weighted by Gasteiger charge is -2.37. The number of piperidine rings is 1. The Morgan fingerprint density at radius 1 is 1.19 bits per heavy atom. The van der Waals surface area contributed by atoms with Crippen LogP contribution in [0.1, 0.15) is 41.8 Å². The van der Waals surface area contributed by atoms with Gasteiger partial charge in [-0.3, -0.25) is 4.79 Å². The average molecular weight is 448 g/mol. The van der Waals surface area contributed by atoms with Crippen molar-refractivity contribution in [1.82, 2.24) is 9.46 Å². The maximum absolute atomic E-state index is 13.6. The second-order valence-corrected chi connectivity index (χ2v) is 10.2. The van der Waals surface area contributed by atoms with E-state index in [0.717, 1.165) is 29.7 Å². The molecule has 2 aliphatic heterocycles. The van der Waals surface area contributed by atoms with Crippen LogP contribution < -0.4 is 9.64 Å². The molecule has 0 radical (unpaired) electrons. The summed E-state index contributed by atoms with van der Waals surface area (Å²) in [5.41, 5.74) is 3.45. The normalized spacial score (nSPS) is 19.9. The number of rotatable bonds is 4. The second-order valence-electron chi connectivity index (χ2n) is 8.36. The number of carbonyl (C=O) groups is 1. The molecule has 0 N–H and O–H groups in total. The van der Waals surface area contributed by atoms with Crippen LogP contribution in [0.4, 0.5) is 5.69 Å². The van der Waals surface area contributed by atoms with Crippen LogP contribution in [-0.2, 0) is 21.2 Å². The first-order chi connectivity index (χ1) is 14.8. The van der Waals surface area contributed by atoms with Crippen molar-refractivity contribution in [2.24, 2.45) is 5.92 Å². The van der Waals surface area contributed by atoms with Crippen LogP contribution in [-0.4, -0.2) is 50.5 Å². The fourth-order valence-electron chi connectivity index (χ4n) is 4.79. The quantitative estimate of drug-likeness (QED) is 0.715. The molecule has 4 rings (SSSR count). The zero-order chi connectivity index (χ0) is 22.3. The van der Waals surface area contributed by atoms with Crippen molar-refractivity contribution in [3.8, 4) is 5.75 Å². The molecule has 2 aromatic rings. The van der Waals surface area contributed by atoms with Crippen molar-refractivity contribution in [3.05, 3.63) is 34.7 Å². The Labute approximate surface area is 183 Å². The summed E-state index contributed by atoms with van der Waals surface area (Å²) in [5, 5.41) is 3.79. The highest BCUT2D eigenvalue weighted by Crippen LogP contribution is 2.39. The van der Waals surface area contributed by atoms with Gasteiger partial charge in [-0.05, 0) is 63.6 Å². The molecule has 0 bridgehead atoms. The highest BCUT2D eigenvalue weighted by molar-refractivity contribution is 7.89. The summed E-state index contributed by atoms with van der Waals surface area (Å²) in [7, 11) is -2.16. The largest absolute Gasteiger partial charge is 0.495 e. The summed E-state index contributed by atoms with van der Waals surface area (Å²) in [6.45, 7) is 6.41. The van der Waals surface area contributed by atoms with Crippen LogP contribution >= 0.6 is 0 Å². The molecule has 168 valence electrons. The summed E-state index contributed by atoms with van der Waals surface area (Å²) in [6.07, 6.45) is 3.07. The lowest BCUT2D eigenvalue weighted by Crippen LogP contribution is -2.48. The van der Waals surface area contributed by atoms with Gasteiger partial charge in [0.1, 0.15) is 16.3 Å². The molecular formula is C22H29N3O5S. The molecule has 0 saturated carbocycles. The number of benzene rings is 1. The number of nitrogens with zero attached hydrogens (tertiary/aromatic N) is 3. The van der Waals surface area contributed by atoms with Crippen molar-refractivity contribution in [3.63, 3.8) is 0 Å². The summed E-state index contributed by atoms with van der Waals surface area (Å²) >= 11 is 0. The van der Waals surface area contributed by atoms with Gasteiger partial charge < -0.3 is 14.2 Å². The third-order valence-electron chi connectivity index (χ3n) is 6.34. The van der Waals surface area contributed by atoms with Gasteiger partial charge in [-0.15, -0.1) is 0 Å². The Kier molecular flexibility index (Phi) is 5.83. The van der Waals surface area contributed by atoms with Gasteiger partial charge in [0.15, 0.2) is 5.76 Å². The number of aryl methyl sites for hydroxylation is 3. The molecule has 0 aliphatic carbocycles. The van der Waals surface area contributed by atoms with Crippen molar-refractivity contribution < 1.29 is 22.5 Å². The van der Waals surface area contributed by atoms with E-state index in [-0.39, 0.29) is 23.1 Å². The number of aromatic nitrogens is 1. The smallest absolute Gasteiger partial charge is 0.248 e. The molecule has 1 saturated heterocycles. The monoisotopic (exact) mass is 447 g/mol. The number of ether oxygens (including phenoxy) is 1. The van der Waals surface area contributed by atoms with E-state index in [1.54, 1.807) is 25.9 Å². The molecule has 1 aromatic heterocycles. The molecule has 1 aromatic carbocycles. The Morgan fingerprint density at radius 3 is 2.65 bits per heavy atom. The zero-order valence-corrected chi connectivity index (χ0v) is 19.3. The number of hydrogen-bond donors (Lipinski definition) is 0. The summed E-state index contributed by atoms with van der Waals surface area (Å²) in [4.78, 5) is 15.5. The van der Waals surface area contributed by atoms with E-state index in [2.05, 4.69) is 5.16 Å². The third-order valence-corrected chi connectivity index (χ3v) is 8.45. The van der Waals surface area contributed by atoms with Crippen molar-refractivity contribution in [1.29, 1.82) is 0 Å². The summed E-state index contributed by atoms with van der Waals surface area (Å²) in [5.74, 6) is 0.518. The Hall–Kier alpha value is -2.39. The molecule has 2 aliphatic rings. The van der Waals surface area contributed by atoms with E-state index < -0.39 is 15.9 Å². The van der Waals surface area contributed by atoms with Gasteiger partial charge in [-0.25, -0.2) is 8.42 Å². The van der Waals surface area contributed by atoms with Gasteiger partial charge >= 0.3 is 0 Å². The molecule has 8 nitrogen and oxygen atoms in total. The number of carbonyl (C=O) groups excluding carboxylic acids is 1. The lowest BCUT2D eigenvalue weighted by molar-refractivity contribution is -0.123. The van der Waals surface area contributed by atoms with Gasteiger partial charge in [0.05, 0.1) is 18.7 Å². The number of hydrogen-bond acceptors (Lipinski definition) is 6. The number of amides is 1. The van der Waals surface area contributed by atoms with Crippen LogP contribution in [0.25, 0.3) is 0 Å².